The number of rotatable bonds is 4. The van der Waals surface area contributed by atoms with Crippen molar-refractivity contribution >= 4 is 24.8 Å². The van der Waals surface area contributed by atoms with E-state index < -0.39 is 0 Å². The fraction of sp³-hybridized carbons (Fsp3) is 0.600. The van der Waals surface area contributed by atoms with Crippen molar-refractivity contribution in [2.75, 3.05) is 13.6 Å². The van der Waals surface area contributed by atoms with Crippen molar-refractivity contribution in [3.8, 4) is 0 Å². The zero-order valence-corrected chi connectivity index (χ0v) is 15.5. The van der Waals surface area contributed by atoms with Crippen LogP contribution in [0.5, 0.6) is 0 Å². The Morgan fingerprint density at radius 3 is 2.78 bits per heavy atom. The minimum atomic E-state index is 0. The number of nitrogens with one attached hydrogen (secondary N) is 1. The Bertz CT molecular complexity index is 582. The summed E-state index contributed by atoms with van der Waals surface area (Å²) in [6, 6.07) is 2.21. The minimum absolute atomic E-state index is 0. The summed E-state index contributed by atoms with van der Waals surface area (Å²) in [7, 11) is 2.11. The van der Waals surface area contributed by atoms with Gasteiger partial charge in [-0.2, -0.15) is 5.10 Å². The van der Waals surface area contributed by atoms with Crippen molar-refractivity contribution < 1.29 is 4.52 Å². The Hall–Kier alpha value is -1.08. The van der Waals surface area contributed by atoms with Gasteiger partial charge >= 0.3 is 0 Å². The average Bonchev–Trinajstić information content (AvgIpc) is 2.88. The van der Waals surface area contributed by atoms with Gasteiger partial charge in [0.25, 0.3) is 0 Å². The predicted molar refractivity (Wildman–Crippen MR) is 94.2 cm³/mol. The van der Waals surface area contributed by atoms with Crippen molar-refractivity contribution in [3.63, 3.8) is 0 Å². The molecule has 0 saturated carbocycles. The maximum absolute atomic E-state index is 5.22. The van der Waals surface area contributed by atoms with E-state index in [2.05, 4.69) is 33.2 Å². The fourth-order valence-electron chi connectivity index (χ4n) is 2.83. The highest BCUT2D eigenvalue weighted by Gasteiger charge is 2.15. The van der Waals surface area contributed by atoms with Crippen molar-refractivity contribution in [2.24, 2.45) is 0 Å². The van der Waals surface area contributed by atoms with Crippen molar-refractivity contribution in [1.82, 2.24) is 25.2 Å². The van der Waals surface area contributed by atoms with Crippen LogP contribution in [-0.4, -0.2) is 33.4 Å². The summed E-state index contributed by atoms with van der Waals surface area (Å²) in [5.41, 5.74) is 4.57. The molecule has 1 aliphatic rings. The molecule has 0 fully saturated rings. The standard InChI is InChI=1S/C15H23N5O.2ClH/c1-11-15(12(2)21-18-11)10-19(3)9-13-7-14-8-16-5-4-6-20(14)17-13;;/h7,16H,4-6,8-10H2,1-3H3;2*1H. The van der Waals surface area contributed by atoms with Gasteiger partial charge in [0, 0.05) is 31.7 Å². The third kappa shape index (κ3) is 4.70. The summed E-state index contributed by atoms with van der Waals surface area (Å²) < 4.78 is 7.36. The number of aromatic nitrogens is 3. The first kappa shape index (κ1) is 20.0. The molecule has 2 aromatic rings. The maximum Gasteiger partial charge on any atom is 0.138 e. The van der Waals surface area contributed by atoms with E-state index in [1.165, 1.54) is 11.3 Å². The van der Waals surface area contributed by atoms with Crippen LogP contribution in [0.4, 0.5) is 0 Å². The number of hydrogen-bond acceptors (Lipinski definition) is 5. The third-order valence-corrected chi connectivity index (χ3v) is 3.98. The Morgan fingerprint density at radius 2 is 2.09 bits per heavy atom. The lowest BCUT2D eigenvalue weighted by molar-refractivity contribution is 0.309. The molecule has 0 atom stereocenters. The van der Waals surface area contributed by atoms with Crippen molar-refractivity contribution in [1.29, 1.82) is 0 Å². The van der Waals surface area contributed by atoms with Gasteiger partial charge < -0.3 is 9.84 Å². The molecule has 6 nitrogen and oxygen atoms in total. The monoisotopic (exact) mass is 361 g/mol. The zero-order valence-electron chi connectivity index (χ0n) is 13.8. The van der Waals surface area contributed by atoms with Gasteiger partial charge in [-0.05, 0) is 39.9 Å². The van der Waals surface area contributed by atoms with E-state index >= 15 is 0 Å². The number of hydrogen-bond donors (Lipinski definition) is 1. The van der Waals surface area contributed by atoms with Crippen LogP contribution < -0.4 is 5.32 Å². The second kappa shape index (κ2) is 8.68. The van der Waals surface area contributed by atoms with Gasteiger partial charge in [0.1, 0.15) is 5.76 Å². The van der Waals surface area contributed by atoms with Crippen LogP contribution in [0, 0.1) is 13.8 Å². The number of nitrogens with zero attached hydrogens (tertiary/aromatic N) is 4. The lowest BCUT2D eigenvalue weighted by Gasteiger charge is -2.14. The zero-order chi connectivity index (χ0) is 14.8. The second-order valence-corrected chi connectivity index (χ2v) is 5.86. The summed E-state index contributed by atoms with van der Waals surface area (Å²) >= 11 is 0. The Balaban J connectivity index is 0.00000132. The van der Waals surface area contributed by atoms with Gasteiger partial charge in [-0.15, -0.1) is 24.8 Å². The van der Waals surface area contributed by atoms with Gasteiger partial charge in [-0.3, -0.25) is 9.58 Å². The van der Waals surface area contributed by atoms with E-state index in [0.717, 1.165) is 56.3 Å². The third-order valence-electron chi connectivity index (χ3n) is 3.98. The van der Waals surface area contributed by atoms with Crippen molar-refractivity contribution in [3.05, 3.63) is 34.5 Å². The first-order valence-electron chi connectivity index (χ1n) is 7.50. The molecule has 0 bridgehead atoms. The van der Waals surface area contributed by atoms with Gasteiger partial charge in [0.15, 0.2) is 0 Å². The highest BCUT2D eigenvalue weighted by atomic mass is 35.5. The first-order valence-corrected chi connectivity index (χ1v) is 7.50. The van der Waals surface area contributed by atoms with E-state index in [0.29, 0.717) is 0 Å². The van der Waals surface area contributed by atoms with E-state index in [-0.39, 0.29) is 24.8 Å². The van der Waals surface area contributed by atoms with Gasteiger partial charge in [0.05, 0.1) is 17.1 Å². The van der Waals surface area contributed by atoms with Crippen LogP contribution in [0.2, 0.25) is 0 Å². The Labute approximate surface area is 149 Å². The molecule has 23 heavy (non-hydrogen) atoms. The summed E-state index contributed by atoms with van der Waals surface area (Å²) in [6.45, 7) is 8.63. The predicted octanol–water partition coefficient (Wildman–Crippen LogP) is 2.46. The lowest BCUT2D eigenvalue weighted by atomic mass is 10.2. The smallest absolute Gasteiger partial charge is 0.138 e. The van der Waals surface area contributed by atoms with Crippen LogP contribution in [0.3, 0.4) is 0 Å². The normalized spacial score (nSPS) is 13.9. The molecular formula is C15H25Cl2N5O. The molecular weight excluding hydrogens is 337 g/mol. The second-order valence-electron chi connectivity index (χ2n) is 5.86. The van der Waals surface area contributed by atoms with Crippen LogP contribution >= 0.6 is 24.8 Å². The fourth-order valence-corrected chi connectivity index (χ4v) is 2.83. The summed E-state index contributed by atoms with van der Waals surface area (Å²) in [5.74, 6) is 0.907. The molecule has 8 heteroatoms. The SMILES string of the molecule is Cc1noc(C)c1CN(C)Cc1cc2n(n1)CCCNC2.Cl.Cl. The Kier molecular flexibility index (Phi) is 7.54. The molecule has 0 unspecified atom stereocenters. The molecule has 3 heterocycles. The molecule has 0 radical (unpaired) electrons. The van der Waals surface area contributed by atoms with E-state index in [1.807, 2.05) is 13.8 Å². The van der Waals surface area contributed by atoms with Crippen LogP contribution in [0.25, 0.3) is 0 Å². The summed E-state index contributed by atoms with van der Waals surface area (Å²) in [4.78, 5) is 2.25. The van der Waals surface area contributed by atoms with E-state index in [1.54, 1.807) is 0 Å². The van der Waals surface area contributed by atoms with Crippen LogP contribution in [0.15, 0.2) is 10.6 Å². The molecule has 0 spiro atoms. The molecule has 0 aromatic carbocycles. The molecule has 130 valence electrons. The summed E-state index contributed by atoms with van der Waals surface area (Å²) in [6.07, 6.45) is 1.14. The van der Waals surface area contributed by atoms with E-state index in [9.17, 15) is 0 Å². The van der Waals surface area contributed by atoms with Crippen LogP contribution in [-0.2, 0) is 26.2 Å². The number of aryl methyl sites for hydroxylation is 3. The van der Waals surface area contributed by atoms with Crippen LogP contribution in [0.1, 0.15) is 34.8 Å². The number of fused-ring (bicyclic) bond motifs is 1. The Morgan fingerprint density at radius 1 is 1.30 bits per heavy atom. The number of halogens is 2. The van der Waals surface area contributed by atoms with Crippen molar-refractivity contribution in [2.45, 2.75) is 46.4 Å². The molecule has 0 amide bonds. The molecule has 1 aliphatic heterocycles. The average molecular weight is 362 g/mol. The van der Waals surface area contributed by atoms with E-state index in [4.69, 9.17) is 9.62 Å². The summed E-state index contributed by atoms with van der Waals surface area (Å²) in [5, 5.41) is 12.2. The molecule has 1 N–H and O–H groups in total. The van der Waals surface area contributed by atoms with Gasteiger partial charge in [-0.1, -0.05) is 5.16 Å². The molecule has 0 aliphatic carbocycles. The van der Waals surface area contributed by atoms with Gasteiger partial charge in [0.2, 0.25) is 0 Å². The molecule has 2 aromatic heterocycles. The maximum atomic E-state index is 5.22. The molecule has 0 saturated heterocycles. The first-order chi connectivity index (χ1) is 10.1. The van der Waals surface area contributed by atoms with Gasteiger partial charge in [-0.25, -0.2) is 0 Å². The highest BCUT2D eigenvalue weighted by molar-refractivity contribution is 5.85. The topological polar surface area (TPSA) is 59.1 Å². The largest absolute Gasteiger partial charge is 0.361 e. The lowest BCUT2D eigenvalue weighted by Crippen LogP contribution is -2.18. The molecule has 3 rings (SSSR count). The quantitative estimate of drug-likeness (QED) is 0.906. The highest BCUT2D eigenvalue weighted by Crippen LogP contribution is 2.16. The minimum Gasteiger partial charge on any atom is -0.361 e.